The second kappa shape index (κ2) is 11.4. The van der Waals surface area contributed by atoms with Crippen molar-refractivity contribution in [2.45, 2.75) is 57.0 Å². The summed E-state index contributed by atoms with van der Waals surface area (Å²) < 4.78 is 32.5. The molecule has 0 N–H and O–H groups in total. The Balaban J connectivity index is 1.58. The first-order valence-corrected chi connectivity index (χ1v) is 12.9. The van der Waals surface area contributed by atoms with Crippen molar-refractivity contribution in [1.29, 1.82) is 0 Å². The molecule has 2 aromatic rings. The van der Waals surface area contributed by atoms with E-state index in [1.165, 1.54) is 12.2 Å². The predicted octanol–water partition coefficient (Wildman–Crippen LogP) is 4.64. The number of hydrogen-bond donors (Lipinski definition) is 0. The molecule has 0 spiro atoms. The van der Waals surface area contributed by atoms with Crippen LogP contribution in [-0.4, -0.2) is 43.7 Å². The number of benzene rings is 2. The number of aryl methyl sites for hydroxylation is 1. The van der Waals surface area contributed by atoms with Crippen LogP contribution in [0.4, 0.5) is 0 Å². The van der Waals surface area contributed by atoms with Crippen molar-refractivity contribution in [3.05, 3.63) is 71.3 Å². The summed E-state index contributed by atoms with van der Waals surface area (Å²) in [4.78, 5) is 24.9. The monoisotopic (exact) mass is 469 g/mol. The lowest BCUT2D eigenvalue weighted by atomic mass is 10.0. The van der Waals surface area contributed by atoms with Gasteiger partial charge in [0.25, 0.3) is 0 Å². The van der Waals surface area contributed by atoms with Crippen LogP contribution in [0.1, 0.15) is 61.0 Å². The lowest BCUT2D eigenvalue weighted by Gasteiger charge is -2.19. The maximum atomic E-state index is 12.9. The number of hydrogen-bond acceptors (Lipinski definition) is 5. The molecule has 3 rings (SSSR count). The largest absolute Gasteiger partial charge is 0.451 e. The molecule has 1 unspecified atom stereocenters. The van der Waals surface area contributed by atoms with Crippen molar-refractivity contribution in [2.75, 3.05) is 13.1 Å². The van der Waals surface area contributed by atoms with Crippen LogP contribution < -0.4 is 0 Å². The average Bonchev–Trinajstić information content (AvgIpc) is 3.13. The Hall–Kier alpha value is -2.77. The molecule has 2 aromatic carbocycles. The Morgan fingerprint density at radius 2 is 1.58 bits per heavy atom. The van der Waals surface area contributed by atoms with Gasteiger partial charge in [0.1, 0.15) is 0 Å². The van der Waals surface area contributed by atoms with Crippen LogP contribution in [0.2, 0.25) is 0 Å². The fourth-order valence-electron chi connectivity index (χ4n) is 3.75. The summed E-state index contributed by atoms with van der Waals surface area (Å²) in [6.45, 7) is 4.69. The number of esters is 1. The first kappa shape index (κ1) is 24.9. The number of carbonyl (C=O) groups is 2. The number of Topliss-reactive ketones (excluding diaryl/α,β-unsaturated/α-hetero) is 1. The molecule has 33 heavy (non-hydrogen) atoms. The van der Waals surface area contributed by atoms with Gasteiger partial charge >= 0.3 is 5.97 Å². The summed E-state index contributed by atoms with van der Waals surface area (Å²) in [6.07, 6.45) is 6.63. The molecule has 1 aliphatic rings. The van der Waals surface area contributed by atoms with Crippen molar-refractivity contribution in [3.63, 3.8) is 0 Å². The summed E-state index contributed by atoms with van der Waals surface area (Å²) in [5.41, 5.74) is 2.29. The van der Waals surface area contributed by atoms with E-state index < -0.39 is 22.1 Å². The molecule has 1 heterocycles. The van der Waals surface area contributed by atoms with Gasteiger partial charge in [-0.1, -0.05) is 56.2 Å². The maximum Gasteiger partial charge on any atom is 0.331 e. The minimum absolute atomic E-state index is 0.248. The molecule has 1 atom stereocenters. The molecule has 1 saturated heterocycles. The Labute approximate surface area is 196 Å². The molecule has 7 heteroatoms. The maximum absolute atomic E-state index is 12.9. The van der Waals surface area contributed by atoms with Gasteiger partial charge in [0.2, 0.25) is 15.8 Å². The molecule has 1 fully saturated rings. The minimum atomic E-state index is -3.51. The van der Waals surface area contributed by atoms with Crippen molar-refractivity contribution in [3.8, 4) is 0 Å². The Bertz CT molecular complexity index is 1080. The number of ketones is 1. The highest BCUT2D eigenvalue weighted by Crippen LogP contribution is 2.21. The highest BCUT2D eigenvalue weighted by atomic mass is 32.2. The fraction of sp³-hybridized carbons (Fsp3) is 0.385. The van der Waals surface area contributed by atoms with Crippen molar-refractivity contribution in [1.82, 2.24) is 4.31 Å². The molecule has 0 amide bonds. The first-order chi connectivity index (χ1) is 15.8. The summed E-state index contributed by atoms with van der Waals surface area (Å²) in [5, 5.41) is 0. The molecular formula is C26H31NO5S. The molecule has 0 radical (unpaired) electrons. The summed E-state index contributed by atoms with van der Waals surface area (Å²) in [7, 11) is -3.51. The molecule has 6 nitrogen and oxygen atoms in total. The summed E-state index contributed by atoms with van der Waals surface area (Å²) >= 11 is 0. The molecule has 0 aromatic heterocycles. The van der Waals surface area contributed by atoms with Gasteiger partial charge in [-0.2, -0.15) is 4.31 Å². The first-order valence-electron chi connectivity index (χ1n) is 11.4. The van der Waals surface area contributed by atoms with Crippen LogP contribution in [0.25, 0.3) is 6.08 Å². The number of sulfonamides is 1. The fourth-order valence-corrected chi connectivity index (χ4v) is 5.27. The smallest absolute Gasteiger partial charge is 0.331 e. The van der Waals surface area contributed by atoms with Gasteiger partial charge in [-0.15, -0.1) is 0 Å². The Morgan fingerprint density at radius 3 is 2.15 bits per heavy atom. The molecule has 176 valence electrons. The second-order valence-electron chi connectivity index (χ2n) is 8.21. The van der Waals surface area contributed by atoms with E-state index in [-0.39, 0.29) is 10.7 Å². The minimum Gasteiger partial charge on any atom is -0.451 e. The van der Waals surface area contributed by atoms with Crippen molar-refractivity contribution < 1.29 is 22.7 Å². The normalized spacial score (nSPS) is 16.3. The lowest BCUT2D eigenvalue weighted by molar-refractivity contribution is -0.140. The van der Waals surface area contributed by atoms with E-state index >= 15 is 0 Å². The van der Waals surface area contributed by atoms with Crippen LogP contribution in [0.3, 0.4) is 0 Å². The van der Waals surface area contributed by atoms with E-state index in [0.717, 1.165) is 37.7 Å². The molecule has 0 bridgehead atoms. The molecule has 1 aliphatic heterocycles. The third-order valence-corrected chi connectivity index (χ3v) is 7.72. The number of carbonyl (C=O) groups excluding carboxylic acids is 2. The number of ether oxygens (including phenoxy) is 1. The van der Waals surface area contributed by atoms with Crippen molar-refractivity contribution in [2.24, 2.45) is 0 Å². The van der Waals surface area contributed by atoms with E-state index in [1.54, 1.807) is 47.6 Å². The zero-order chi connectivity index (χ0) is 23.8. The number of nitrogens with zero attached hydrogens (tertiary/aromatic N) is 1. The van der Waals surface area contributed by atoms with Gasteiger partial charge in [-0.25, -0.2) is 13.2 Å². The Kier molecular flexibility index (Phi) is 8.58. The van der Waals surface area contributed by atoms with Crippen LogP contribution in [0, 0.1) is 0 Å². The summed E-state index contributed by atoms with van der Waals surface area (Å²) in [6, 6.07) is 13.7. The quantitative estimate of drug-likeness (QED) is 0.320. The van der Waals surface area contributed by atoms with Gasteiger partial charge in [0.15, 0.2) is 6.10 Å². The highest BCUT2D eigenvalue weighted by molar-refractivity contribution is 7.89. The SMILES string of the molecule is CCc1ccc(C(=O)C(C)OC(=O)C=Cc2ccc(S(=O)(=O)N3CCCCCC3)cc2)cc1. The van der Waals surface area contributed by atoms with E-state index in [9.17, 15) is 18.0 Å². The van der Waals surface area contributed by atoms with Gasteiger partial charge in [-0.05, 0) is 55.5 Å². The van der Waals surface area contributed by atoms with Gasteiger partial charge < -0.3 is 4.74 Å². The van der Waals surface area contributed by atoms with Crippen LogP contribution in [0.5, 0.6) is 0 Å². The van der Waals surface area contributed by atoms with Gasteiger partial charge in [-0.3, -0.25) is 4.79 Å². The third-order valence-electron chi connectivity index (χ3n) is 5.80. The standard InChI is InChI=1S/C26H31NO5S/c1-3-21-8-13-23(14-9-21)26(29)20(2)32-25(28)17-12-22-10-15-24(16-11-22)33(30,31)27-18-6-4-5-7-19-27/h8-17,20H,3-7,18-19H2,1-2H3. The van der Waals surface area contributed by atoms with Gasteiger partial charge in [0, 0.05) is 24.7 Å². The van der Waals surface area contributed by atoms with Crippen molar-refractivity contribution >= 4 is 27.9 Å². The second-order valence-corrected chi connectivity index (χ2v) is 10.2. The summed E-state index contributed by atoms with van der Waals surface area (Å²) in [5.74, 6) is -0.898. The van der Waals surface area contributed by atoms with E-state index in [4.69, 9.17) is 4.74 Å². The highest BCUT2D eigenvalue weighted by Gasteiger charge is 2.25. The van der Waals surface area contributed by atoms with E-state index in [0.29, 0.717) is 24.2 Å². The topological polar surface area (TPSA) is 80.8 Å². The van der Waals surface area contributed by atoms with Crippen LogP contribution in [0.15, 0.2) is 59.5 Å². The predicted molar refractivity (Wildman–Crippen MR) is 128 cm³/mol. The molecule has 0 aliphatic carbocycles. The molecular weight excluding hydrogens is 438 g/mol. The average molecular weight is 470 g/mol. The van der Waals surface area contributed by atoms with Crippen LogP contribution >= 0.6 is 0 Å². The van der Waals surface area contributed by atoms with Gasteiger partial charge in [0.05, 0.1) is 4.90 Å². The lowest BCUT2D eigenvalue weighted by Crippen LogP contribution is -2.31. The van der Waals surface area contributed by atoms with E-state index in [1.807, 2.05) is 19.1 Å². The number of rotatable bonds is 8. The zero-order valence-corrected chi connectivity index (χ0v) is 20.0. The Morgan fingerprint density at radius 1 is 0.970 bits per heavy atom. The zero-order valence-electron chi connectivity index (χ0n) is 19.2. The molecule has 0 saturated carbocycles. The van der Waals surface area contributed by atoms with Crippen LogP contribution in [-0.2, 0) is 26.0 Å². The van der Waals surface area contributed by atoms with E-state index in [2.05, 4.69) is 0 Å². The third kappa shape index (κ3) is 6.62.